The van der Waals surface area contributed by atoms with Crippen molar-refractivity contribution in [3.05, 3.63) is 82.3 Å². The summed E-state index contributed by atoms with van der Waals surface area (Å²) in [6.45, 7) is 4.43. The summed E-state index contributed by atoms with van der Waals surface area (Å²) in [6.07, 6.45) is 3.32. The van der Waals surface area contributed by atoms with Crippen LogP contribution in [0.1, 0.15) is 44.2 Å². The third-order valence-corrected chi connectivity index (χ3v) is 6.04. The van der Waals surface area contributed by atoms with Gasteiger partial charge in [-0.15, -0.1) is 0 Å². The van der Waals surface area contributed by atoms with E-state index in [1.165, 1.54) is 14.2 Å². The molecule has 1 aliphatic rings. The van der Waals surface area contributed by atoms with Crippen LogP contribution in [-0.2, 0) is 36.7 Å². The number of rotatable bonds is 12. The molecule has 0 saturated carbocycles. The Morgan fingerprint density at radius 2 is 1.47 bits per heavy atom. The predicted molar refractivity (Wildman–Crippen MR) is 138 cm³/mol. The fourth-order valence-corrected chi connectivity index (χ4v) is 3.88. The van der Waals surface area contributed by atoms with Gasteiger partial charge in [-0.05, 0) is 55.2 Å². The summed E-state index contributed by atoms with van der Waals surface area (Å²) >= 11 is 0. The molecule has 1 N–H and O–H groups in total. The number of anilines is 1. The Morgan fingerprint density at radius 1 is 0.861 bits per heavy atom. The molecular weight excluding hydrogens is 458 g/mol. The quantitative estimate of drug-likeness (QED) is 0.334. The predicted octanol–water partition coefficient (Wildman–Crippen LogP) is 4.95. The van der Waals surface area contributed by atoms with E-state index < -0.39 is 0 Å². The van der Waals surface area contributed by atoms with Crippen molar-refractivity contribution in [2.45, 2.75) is 46.0 Å². The summed E-state index contributed by atoms with van der Waals surface area (Å²) in [7, 11) is 2.69. The van der Waals surface area contributed by atoms with Crippen molar-refractivity contribution < 1.29 is 28.6 Å². The number of ketones is 2. The van der Waals surface area contributed by atoms with Crippen molar-refractivity contribution in [1.82, 2.24) is 0 Å². The van der Waals surface area contributed by atoms with Crippen LogP contribution < -0.4 is 10.1 Å². The maximum Gasteiger partial charge on any atom is 0.228 e. The second kappa shape index (κ2) is 12.7. The average molecular weight is 492 g/mol. The number of benzene rings is 2. The number of carbonyl (C=O) groups is 3. The van der Waals surface area contributed by atoms with Crippen molar-refractivity contribution in [3.63, 3.8) is 0 Å². The largest absolute Gasteiger partial charge is 0.494 e. The topological polar surface area (TPSA) is 90.9 Å². The molecule has 7 nitrogen and oxygen atoms in total. The normalized spacial score (nSPS) is 13.7. The van der Waals surface area contributed by atoms with E-state index >= 15 is 0 Å². The van der Waals surface area contributed by atoms with Gasteiger partial charge in [0, 0.05) is 29.7 Å². The van der Waals surface area contributed by atoms with E-state index in [0.717, 1.165) is 35.4 Å². The van der Waals surface area contributed by atoms with Crippen molar-refractivity contribution in [3.8, 4) is 5.75 Å². The Hall–Kier alpha value is -3.87. The molecule has 190 valence electrons. The zero-order chi connectivity index (χ0) is 26.1. The minimum absolute atomic E-state index is 0.0615. The molecule has 3 rings (SSSR count). The Kier molecular flexibility index (Phi) is 9.45. The first-order chi connectivity index (χ1) is 17.4. The van der Waals surface area contributed by atoms with Crippen LogP contribution in [0.3, 0.4) is 0 Å². The number of unbranched alkanes of at least 4 members (excludes halogenated alkanes) is 1. The molecule has 0 aliphatic heterocycles. The lowest BCUT2D eigenvalue weighted by molar-refractivity contribution is -0.121. The summed E-state index contributed by atoms with van der Waals surface area (Å²) in [4.78, 5) is 37.8. The fraction of sp³-hybridized carbons (Fsp3) is 0.345. The molecule has 0 atom stereocenters. The van der Waals surface area contributed by atoms with Gasteiger partial charge in [0.05, 0.1) is 20.8 Å². The van der Waals surface area contributed by atoms with Gasteiger partial charge in [-0.25, -0.2) is 0 Å². The summed E-state index contributed by atoms with van der Waals surface area (Å²) in [5.74, 6) is -0.0879. The molecule has 0 heterocycles. The number of hydrogen-bond acceptors (Lipinski definition) is 6. The Morgan fingerprint density at radius 3 is 2.08 bits per heavy atom. The van der Waals surface area contributed by atoms with Gasteiger partial charge in [0.1, 0.15) is 5.75 Å². The van der Waals surface area contributed by atoms with Gasteiger partial charge in [0.25, 0.3) is 0 Å². The fourth-order valence-electron chi connectivity index (χ4n) is 3.88. The smallest absolute Gasteiger partial charge is 0.228 e. The van der Waals surface area contributed by atoms with Gasteiger partial charge in [-0.1, -0.05) is 37.6 Å². The van der Waals surface area contributed by atoms with Gasteiger partial charge < -0.3 is 19.5 Å². The molecule has 0 saturated heterocycles. The van der Waals surface area contributed by atoms with Gasteiger partial charge in [0.15, 0.2) is 0 Å². The van der Waals surface area contributed by atoms with E-state index in [2.05, 4.69) is 12.2 Å². The number of methoxy groups -OCH3 is 2. The molecule has 36 heavy (non-hydrogen) atoms. The molecule has 0 spiro atoms. The number of Topliss-reactive ketones (excluding diaryl/α,β-unsaturated/α-hetero) is 2. The van der Waals surface area contributed by atoms with Crippen LogP contribution in [0.2, 0.25) is 0 Å². The standard InChI is InChI=1S/C29H33NO6/c1-5-6-17-36-23-14-12-22(13-15-23)30-25(31)16-11-20-7-9-21(10-8-20)18-24-19(2)26(32)28(34-3)29(35-4)27(24)33/h7-10,12-15H,5-6,11,16-18H2,1-4H3,(H,30,31). The van der Waals surface area contributed by atoms with Gasteiger partial charge in [0.2, 0.25) is 29.0 Å². The molecule has 7 heteroatoms. The highest BCUT2D eigenvalue weighted by Crippen LogP contribution is 2.28. The number of aryl methyl sites for hydroxylation is 1. The van der Waals surface area contributed by atoms with Crippen molar-refractivity contribution >= 4 is 23.2 Å². The molecule has 1 amide bonds. The Labute approximate surface area is 212 Å². The minimum atomic E-state index is -0.342. The minimum Gasteiger partial charge on any atom is -0.494 e. The molecule has 2 aromatic rings. The van der Waals surface area contributed by atoms with E-state index in [0.29, 0.717) is 37.0 Å². The van der Waals surface area contributed by atoms with Crippen molar-refractivity contribution in [2.75, 3.05) is 26.1 Å². The molecule has 0 radical (unpaired) electrons. The third kappa shape index (κ3) is 6.62. The summed E-state index contributed by atoms with van der Waals surface area (Å²) in [5, 5.41) is 2.91. The van der Waals surface area contributed by atoms with Crippen LogP contribution in [0.25, 0.3) is 0 Å². The number of ether oxygens (including phenoxy) is 3. The van der Waals surface area contributed by atoms with Crippen LogP contribution >= 0.6 is 0 Å². The summed E-state index contributed by atoms with van der Waals surface area (Å²) in [5.41, 5.74) is 3.38. The molecular formula is C29H33NO6. The van der Waals surface area contributed by atoms with E-state index in [1.807, 2.05) is 48.5 Å². The van der Waals surface area contributed by atoms with E-state index in [9.17, 15) is 14.4 Å². The number of carbonyl (C=O) groups excluding carboxylic acids is 3. The van der Waals surface area contributed by atoms with Crippen LogP contribution in [0.5, 0.6) is 5.75 Å². The maximum absolute atomic E-state index is 12.8. The summed E-state index contributed by atoms with van der Waals surface area (Å²) in [6, 6.07) is 15.1. The highest BCUT2D eigenvalue weighted by Gasteiger charge is 2.34. The molecule has 0 bridgehead atoms. The SMILES string of the molecule is CCCCOc1ccc(NC(=O)CCc2ccc(CC3=C(C)C(=O)C(OC)=C(OC)C3=O)cc2)cc1. The summed E-state index contributed by atoms with van der Waals surface area (Å²) < 4.78 is 15.9. The lowest BCUT2D eigenvalue weighted by Crippen LogP contribution is -2.26. The number of allylic oxidation sites excluding steroid dienone is 2. The lowest BCUT2D eigenvalue weighted by atomic mass is 9.88. The van der Waals surface area contributed by atoms with Crippen LogP contribution in [0.15, 0.2) is 71.2 Å². The molecule has 0 unspecified atom stereocenters. The molecule has 1 aliphatic carbocycles. The number of hydrogen-bond donors (Lipinski definition) is 1. The monoisotopic (exact) mass is 491 g/mol. The Balaban J connectivity index is 1.53. The zero-order valence-electron chi connectivity index (χ0n) is 21.3. The molecule has 2 aromatic carbocycles. The first-order valence-electron chi connectivity index (χ1n) is 12.1. The number of nitrogens with one attached hydrogen (secondary N) is 1. The second-order valence-corrected chi connectivity index (χ2v) is 8.60. The van der Waals surface area contributed by atoms with E-state index in [4.69, 9.17) is 14.2 Å². The second-order valence-electron chi connectivity index (χ2n) is 8.60. The average Bonchev–Trinajstić information content (AvgIpc) is 2.89. The first kappa shape index (κ1) is 26.7. The van der Waals surface area contributed by atoms with Crippen LogP contribution in [0.4, 0.5) is 5.69 Å². The third-order valence-electron chi connectivity index (χ3n) is 6.04. The zero-order valence-corrected chi connectivity index (χ0v) is 21.3. The highest BCUT2D eigenvalue weighted by atomic mass is 16.5. The van der Waals surface area contributed by atoms with E-state index in [1.54, 1.807) is 6.92 Å². The Bertz CT molecular complexity index is 1160. The highest BCUT2D eigenvalue weighted by molar-refractivity contribution is 6.23. The first-order valence-corrected chi connectivity index (χ1v) is 12.1. The number of amides is 1. The van der Waals surface area contributed by atoms with Gasteiger partial charge in [-0.3, -0.25) is 14.4 Å². The van der Waals surface area contributed by atoms with Gasteiger partial charge >= 0.3 is 0 Å². The molecule has 0 aromatic heterocycles. The lowest BCUT2D eigenvalue weighted by Gasteiger charge is -2.20. The van der Waals surface area contributed by atoms with Crippen LogP contribution in [0, 0.1) is 0 Å². The van der Waals surface area contributed by atoms with E-state index in [-0.39, 0.29) is 29.0 Å². The van der Waals surface area contributed by atoms with Crippen LogP contribution in [-0.4, -0.2) is 38.3 Å². The van der Waals surface area contributed by atoms with Crippen molar-refractivity contribution in [1.29, 1.82) is 0 Å². The van der Waals surface area contributed by atoms with Gasteiger partial charge in [-0.2, -0.15) is 0 Å². The van der Waals surface area contributed by atoms with Crippen molar-refractivity contribution in [2.24, 2.45) is 0 Å². The maximum atomic E-state index is 12.8. The molecule has 0 fully saturated rings.